The molecule has 0 atom stereocenters. The van der Waals surface area contributed by atoms with Crippen molar-refractivity contribution in [2.24, 2.45) is 5.84 Å². The minimum atomic E-state index is -0.141. The van der Waals surface area contributed by atoms with Crippen LogP contribution < -0.4 is 11.3 Å². The van der Waals surface area contributed by atoms with Crippen LogP contribution in [0.2, 0.25) is 5.02 Å². The number of pyridine rings is 1. The summed E-state index contributed by atoms with van der Waals surface area (Å²) in [7, 11) is 0. The number of anilines is 1. The molecule has 8 nitrogen and oxygen atoms in total. The lowest BCUT2D eigenvalue weighted by Crippen LogP contribution is -2.38. The predicted molar refractivity (Wildman–Crippen MR) is 71.8 cm³/mol. The van der Waals surface area contributed by atoms with Crippen LogP contribution in [-0.4, -0.2) is 37.1 Å². The highest BCUT2D eigenvalue weighted by Crippen LogP contribution is 2.21. The third-order valence-corrected chi connectivity index (χ3v) is 3.44. The topological polar surface area (TPSA) is 102 Å². The minimum absolute atomic E-state index is 0.141. The van der Waals surface area contributed by atoms with E-state index in [0.717, 1.165) is 5.82 Å². The van der Waals surface area contributed by atoms with Crippen LogP contribution in [-0.2, 0) is 13.1 Å². The second kappa shape index (κ2) is 5.06. The number of rotatable bonds is 2. The molecular formula is C11H12ClN7O. The minimum Gasteiger partial charge on any atom is -0.329 e. The Labute approximate surface area is 119 Å². The lowest BCUT2D eigenvalue weighted by molar-refractivity contribution is 0.0707. The summed E-state index contributed by atoms with van der Waals surface area (Å²) in [4.78, 5) is 18.1. The van der Waals surface area contributed by atoms with Gasteiger partial charge in [0.2, 0.25) is 0 Å². The second-order valence-electron chi connectivity index (χ2n) is 4.37. The van der Waals surface area contributed by atoms with E-state index in [0.29, 0.717) is 36.0 Å². The highest BCUT2D eigenvalue weighted by atomic mass is 35.5. The van der Waals surface area contributed by atoms with Crippen LogP contribution in [0.5, 0.6) is 0 Å². The zero-order chi connectivity index (χ0) is 14.1. The van der Waals surface area contributed by atoms with E-state index >= 15 is 0 Å². The first kappa shape index (κ1) is 12.8. The molecule has 1 amide bonds. The predicted octanol–water partition coefficient (Wildman–Crippen LogP) is 0.268. The molecule has 0 unspecified atom stereocenters. The van der Waals surface area contributed by atoms with Gasteiger partial charge in [0.15, 0.2) is 11.6 Å². The van der Waals surface area contributed by atoms with Crippen LogP contribution >= 0.6 is 11.6 Å². The van der Waals surface area contributed by atoms with Gasteiger partial charge in [0, 0.05) is 19.3 Å². The number of carbonyl (C=O) groups excluding carboxylic acids is 1. The van der Waals surface area contributed by atoms with Crippen LogP contribution in [0.25, 0.3) is 0 Å². The van der Waals surface area contributed by atoms with Gasteiger partial charge >= 0.3 is 0 Å². The second-order valence-corrected chi connectivity index (χ2v) is 4.77. The quantitative estimate of drug-likeness (QED) is 0.608. The van der Waals surface area contributed by atoms with Crippen molar-refractivity contribution in [1.82, 2.24) is 24.6 Å². The number of nitrogens with zero attached hydrogens (tertiary/aromatic N) is 5. The number of nitrogens with two attached hydrogens (primary N) is 1. The van der Waals surface area contributed by atoms with Crippen LogP contribution in [0, 0.1) is 0 Å². The summed E-state index contributed by atoms with van der Waals surface area (Å²) in [6.45, 7) is 1.70. The van der Waals surface area contributed by atoms with Crippen molar-refractivity contribution in [2.75, 3.05) is 12.0 Å². The summed E-state index contributed by atoms with van der Waals surface area (Å²) in [5.41, 5.74) is 2.78. The molecule has 0 aliphatic carbocycles. The van der Waals surface area contributed by atoms with Gasteiger partial charge in [-0.25, -0.2) is 10.8 Å². The molecule has 0 saturated carbocycles. The van der Waals surface area contributed by atoms with E-state index in [1.54, 1.807) is 17.3 Å². The summed E-state index contributed by atoms with van der Waals surface area (Å²) in [5, 5.41) is 8.11. The first-order valence-corrected chi connectivity index (χ1v) is 6.35. The molecule has 2 aromatic rings. The average Bonchev–Trinajstić information content (AvgIpc) is 2.93. The van der Waals surface area contributed by atoms with Gasteiger partial charge in [-0.1, -0.05) is 11.6 Å². The Bertz CT molecular complexity index is 656. The van der Waals surface area contributed by atoms with Crippen LogP contribution in [0.3, 0.4) is 0 Å². The smallest absolute Gasteiger partial charge is 0.255 e. The summed E-state index contributed by atoms with van der Waals surface area (Å²) in [5.74, 6) is 6.21. The van der Waals surface area contributed by atoms with Gasteiger partial charge in [-0.05, 0) is 6.07 Å². The first-order valence-electron chi connectivity index (χ1n) is 5.97. The van der Waals surface area contributed by atoms with Crippen molar-refractivity contribution in [3.63, 3.8) is 0 Å². The number of carbonyl (C=O) groups is 1. The summed E-state index contributed by atoms with van der Waals surface area (Å²) < 4.78 is 1.93. The first-order chi connectivity index (χ1) is 9.69. The maximum absolute atomic E-state index is 12.4. The molecule has 3 heterocycles. The van der Waals surface area contributed by atoms with Gasteiger partial charge in [-0.3, -0.25) is 4.79 Å². The number of aromatic nitrogens is 4. The molecule has 2 aromatic heterocycles. The molecule has 9 heteroatoms. The monoisotopic (exact) mass is 293 g/mol. The van der Waals surface area contributed by atoms with Crippen molar-refractivity contribution in [1.29, 1.82) is 0 Å². The van der Waals surface area contributed by atoms with Gasteiger partial charge < -0.3 is 14.9 Å². The highest BCUT2D eigenvalue weighted by molar-refractivity contribution is 6.33. The maximum atomic E-state index is 12.4. The normalized spacial score (nSPS) is 14.0. The molecule has 104 valence electrons. The van der Waals surface area contributed by atoms with E-state index in [1.807, 2.05) is 4.57 Å². The Morgan fingerprint density at radius 1 is 1.45 bits per heavy atom. The molecule has 0 aromatic carbocycles. The lowest BCUT2D eigenvalue weighted by atomic mass is 10.2. The molecule has 0 fully saturated rings. The number of hydrogen-bond acceptors (Lipinski definition) is 6. The number of hydrazine groups is 1. The lowest BCUT2D eigenvalue weighted by Gasteiger charge is -2.27. The Hall–Kier alpha value is -2.19. The molecular weight excluding hydrogens is 282 g/mol. The maximum Gasteiger partial charge on any atom is 0.255 e. The fourth-order valence-corrected chi connectivity index (χ4v) is 2.30. The van der Waals surface area contributed by atoms with E-state index in [9.17, 15) is 4.79 Å². The zero-order valence-electron chi connectivity index (χ0n) is 10.5. The van der Waals surface area contributed by atoms with Crippen LogP contribution in [0.1, 0.15) is 16.2 Å². The molecule has 3 N–H and O–H groups in total. The third kappa shape index (κ3) is 2.19. The SMILES string of the molecule is NNc1ncc(C(=O)N2CCn3cnnc3C2)cc1Cl. The van der Waals surface area contributed by atoms with Crippen LogP contribution in [0.4, 0.5) is 5.82 Å². The molecule has 20 heavy (non-hydrogen) atoms. The average molecular weight is 294 g/mol. The molecule has 0 saturated heterocycles. The largest absolute Gasteiger partial charge is 0.329 e. The fraction of sp³-hybridized carbons (Fsp3) is 0.273. The Morgan fingerprint density at radius 3 is 3.05 bits per heavy atom. The van der Waals surface area contributed by atoms with E-state index in [1.165, 1.54) is 6.20 Å². The van der Waals surface area contributed by atoms with Gasteiger partial charge in [-0.15, -0.1) is 10.2 Å². The van der Waals surface area contributed by atoms with Crippen LogP contribution in [0.15, 0.2) is 18.6 Å². The highest BCUT2D eigenvalue weighted by Gasteiger charge is 2.23. The number of nitrogens with one attached hydrogen (secondary N) is 1. The van der Waals surface area contributed by atoms with Gasteiger partial charge in [-0.2, -0.15) is 0 Å². The molecule has 3 rings (SSSR count). The van der Waals surface area contributed by atoms with Crippen molar-refractivity contribution < 1.29 is 4.79 Å². The number of fused-ring (bicyclic) bond motifs is 1. The summed E-state index contributed by atoms with van der Waals surface area (Å²) >= 11 is 5.97. The Morgan fingerprint density at radius 2 is 2.30 bits per heavy atom. The Balaban J connectivity index is 1.81. The van der Waals surface area contributed by atoms with Crippen molar-refractivity contribution in [2.45, 2.75) is 13.1 Å². The molecule has 1 aliphatic rings. The van der Waals surface area contributed by atoms with Gasteiger partial charge in [0.25, 0.3) is 5.91 Å². The van der Waals surface area contributed by atoms with Crippen molar-refractivity contribution in [3.8, 4) is 0 Å². The summed E-state index contributed by atoms with van der Waals surface area (Å²) in [6.07, 6.45) is 3.11. The number of nitrogen functional groups attached to an aromatic ring is 1. The van der Waals surface area contributed by atoms with E-state index < -0.39 is 0 Å². The summed E-state index contributed by atoms with van der Waals surface area (Å²) in [6, 6.07) is 1.55. The third-order valence-electron chi connectivity index (χ3n) is 3.15. The van der Waals surface area contributed by atoms with E-state index in [-0.39, 0.29) is 5.91 Å². The van der Waals surface area contributed by atoms with E-state index in [2.05, 4.69) is 20.6 Å². The molecule has 0 bridgehead atoms. The van der Waals surface area contributed by atoms with Gasteiger partial charge in [0.1, 0.15) is 6.33 Å². The van der Waals surface area contributed by atoms with Gasteiger partial charge in [0.05, 0.1) is 17.1 Å². The van der Waals surface area contributed by atoms with Crippen molar-refractivity contribution >= 4 is 23.3 Å². The number of hydrogen-bond donors (Lipinski definition) is 2. The fourth-order valence-electron chi connectivity index (χ4n) is 2.08. The number of halogens is 1. The molecule has 0 spiro atoms. The standard InChI is InChI=1S/C11H12ClN7O/c12-8-3-7(4-14-10(8)16-13)11(20)18-1-2-19-6-15-17-9(19)5-18/h3-4,6H,1-2,5,13H2,(H,14,16). The Kier molecular flexibility index (Phi) is 3.25. The van der Waals surface area contributed by atoms with E-state index in [4.69, 9.17) is 17.4 Å². The molecule has 1 aliphatic heterocycles. The zero-order valence-corrected chi connectivity index (χ0v) is 11.2. The van der Waals surface area contributed by atoms with Crippen molar-refractivity contribution in [3.05, 3.63) is 35.0 Å². The number of amides is 1. The molecule has 0 radical (unpaired) electrons.